The number of hydrogen-bond donors (Lipinski definition) is 2. The van der Waals surface area contributed by atoms with Crippen molar-refractivity contribution in [3.63, 3.8) is 0 Å². The van der Waals surface area contributed by atoms with Gasteiger partial charge in [0, 0.05) is 32.6 Å². The van der Waals surface area contributed by atoms with Gasteiger partial charge in [-0.15, -0.1) is 0 Å². The second-order valence-corrected chi connectivity index (χ2v) is 5.18. The summed E-state index contributed by atoms with van der Waals surface area (Å²) in [7, 11) is 3.33. The zero-order valence-corrected chi connectivity index (χ0v) is 11.0. The van der Waals surface area contributed by atoms with E-state index in [4.69, 9.17) is 5.73 Å². The van der Waals surface area contributed by atoms with Crippen LogP contribution in [0.1, 0.15) is 32.6 Å². The predicted octanol–water partition coefficient (Wildman–Crippen LogP) is 0.0984. The Balaban J connectivity index is 2.38. The smallest absolute Gasteiger partial charge is 0.224 e. The number of nitrogens with zero attached hydrogens (tertiary/aromatic N) is 1. The molecule has 1 rings (SSSR count). The largest absolute Gasteiger partial charge is 0.359 e. The first kappa shape index (κ1) is 14.0. The van der Waals surface area contributed by atoms with E-state index in [9.17, 15) is 9.59 Å². The first-order valence-electron chi connectivity index (χ1n) is 6.12. The molecule has 1 aliphatic carbocycles. The summed E-state index contributed by atoms with van der Waals surface area (Å²) in [5, 5.41) is 2.58. The molecule has 3 N–H and O–H groups in total. The van der Waals surface area contributed by atoms with Crippen LogP contribution in [0.2, 0.25) is 0 Å². The summed E-state index contributed by atoms with van der Waals surface area (Å²) in [6, 6.07) is 0. The van der Waals surface area contributed by atoms with E-state index in [1.165, 1.54) is 0 Å². The highest BCUT2D eigenvalue weighted by molar-refractivity contribution is 5.80. The van der Waals surface area contributed by atoms with Gasteiger partial charge in [-0.25, -0.2) is 0 Å². The quantitative estimate of drug-likeness (QED) is 0.716. The molecule has 0 radical (unpaired) electrons. The summed E-state index contributed by atoms with van der Waals surface area (Å²) in [6.45, 7) is 2.25. The molecule has 0 saturated heterocycles. The van der Waals surface area contributed by atoms with Crippen molar-refractivity contribution in [2.75, 3.05) is 20.6 Å². The Morgan fingerprint density at radius 2 is 2.06 bits per heavy atom. The third-order valence-corrected chi connectivity index (χ3v) is 3.52. The average molecular weight is 241 g/mol. The van der Waals surface area contributed by atoms with Gasteiger partial charge in [-0.05, 0) is 19.3 Å². The minimum absolute atomic E-state index is 0.0305. The first-order valence-corrected chi connectivity index (χ1v) is 6.12. The molecule has 0 aromatic heterocycles. The standard InChI is InChI=1S/C12H23N3O2/c1-9(11(17)14-2)8-15(3)10(16)7-12(13)5-4-6-12/h9H,4-8,13H2,1-3H3,(H,14,17). The molecule has 1 unspecified atom stereocenters. The maximum Gasteiger partial charge on any atom is 0.224 e. The Bertz CT molecular complexity index is 300. The minimum Gasteiger partial charge on any atom is -0.359 e. The minimum atomic E-state index is -0.290. The van der Waals surface area contributed by atoms with Crippen molar-refractivity contribution in [2.45, 2.75) is 38.1 Å². The van der Waals surface area contributed by atoms with E-state index in [0.717, 1.165) is 19.3 Å². The molecule has 2 amide bonds. The van der Waals surface area contributed by atoms with Gasteiger partial charge in [-0.3, -0.25) is 9.59 Å². The van der Waals surface area contributed by atoms with Gasteiger partial charge in [-0.2, -0.15) is 0 Å². The summed E-state index contributed by atoms with van der Waals surface area (Å²) >= 11 is 0. The lowest BCUT2D eigenvalue weighted by Crippen LogP contribution is -2.50. The van der Waals surface area contributed by atoms with E-state index in [2.05, 4.69) is 5.32 Å². The molecule has 1 saturated carbocycles. The van der Waals surface area contributed by atoms with E-state index in [0.29, 0.717) is 13.0 Å². The predicted molar refractivity (Wildman–Crippen MR) is 66.3 cm³/mol. The Hall–Kier alpha value is -1.10. The van der Waals surface area contributed by atoms with Gasteiger partial charge in [0.1, 0.15) is 0 Å². The average Bonchev–Trinajstić information content (AvgIpc) is 2.25. The molecule has 1 atom stereocenters. The highest BCUT2D eigenvalue weighted by Crippen LogP contribution is 2.32. The van der Waals surface area contributed by atoms with Crippen LogP contribution in [-0.2, 0) is 9.59 Å². The molecule has 5 heteroatoms. The first-order chi connectivity index (χ1) is 7.88. The van der Waals surface area contributed by atoms with Gasteiger partial charge in [0.15, 0.2) is 0 Å². The fraction of sp³-hybridized carbons (Fsp3) is 0.833. The molecule has 0 aliphatic heterocycles. The van der Waals surface area contributed by atoms with Crippen molar-refractivity contribution in [1.82, 2.24) is 10.2 Å². The highest BCUT2D eigenvalue weighted by atomic mass is 16.2. The lowest BCUT2D eigenvalue weighted by Gasteiger charge is -2.38. The summed E-state index contributed by atoms with van der Waals surface area (Å²) < 4.78 is 0. The molecule has 98 valence electrons. The molecule has 1 aliphatic rings. The molecule has 0 aromatic rings. The van der Waals surface area contributed by atoms with Crippen LogP contribution in [0.3, 0.4) is 0 Å². The zero-order valence-electron chi connectivity index (χ0n) is 11.0. The number of rotatable bonds is 5. The Morgan fingerprint density at radius 1 is 1.47 bits per heavy atom. The fourth-order valence-corrected chi connectivity index (χ4v) is 2.09. The van der Waals surface area contributed by atoms with Gasteiger partial charge in [-0.1, -0.05) is 6.92 Å². The van der Waals surface area contributed by atoms with E-state index in [-0.39, 0.29) is 23.3 Å². The van der Waals surface area contributed by atoms with E-state index < -0.39 is 0 Å². The number of amides is 2. The van der Waals surface area contributed by atoms with Crippen molar-refractivity contribution in [3.05, 3.63) is 0 Å². The van der Waals surface area contributed by atoms with Crippen LogP contribution in [0.15, 0.2) is 0 Å². The summed E-state index contributed by atoms with van der Waals surface area (Å²) in [4.78, 5) is 24.9. The monoisotopic (exact) mass is 241 g/mol. The van der Waals surface area contributed by atoms with Crippen LogP contribution in [0.4, 0.5) is 0 Å². The molecular weight excluding hydrogens is 218 g/mol. The lowest BCUT2D eigenvalue weighted by atomic mass is 9.75. The third kappa shape index (κ3) is 3.70. The SMILES string of the molecule is CNC(=O)C(C)CN(C)C(=O)CC1(N)CCC1. The lowest BCUT2D eigenvalue weighted by molar-refractivity contribution is -0.133. The Labute approximate surface area is 103 Å². The second-order valence-electron chi connectivity index (χ2n) is 5.18. The van der Waals surface area contributed by atoms with Crippen molar-refractivity contribution >= 4 is 11.8 Å². The summed E-state index contributed by atoms with van der Waals surface area (Å²) in [5.41, 5.74) is 5.74. The van der Waals surface area contributed by atoms with E-state index >= 15 is 0 Å². The summed E-state index contributed by atoms with van der Waals surface area (Å²) in [6.07, 6.45) is 3.36. The maximum absolute atomic E-state index is 11.9. The van der Waals surface area contributed by atoms with Crippen molar-refractivity contribution in [3.8, 4) is 0 Å². The number of nitrogens with one attached hydrogen (secondary N) is 1. The molecule has 0 spiro atoms. The number of carbonyl (C=O) groups excluding carboxylic acids is 2. The van der Waals surface area contributed by atoms with Crippen LogP contribution in [0, 0.1) is 5.92 Å². The van der Waals surface area contributed by atoms with Gasteiger partial charge in [0.2, 0.25) is 11.8 Å². The number of hydrogen-bond acceptors (Lipinski definition) is 3. The highest BCUT2D eigenvalue weighted by Gasteiger charge is 2.35. The van der Waals surface area contributed by atoms with Crippen LogP contribution in [0.25, 0.3) is 0 Å². The summed E-state index contributed by atoms with van der Waals surface area (Å²) in [5.74, 6) is -0.206. The topological polar surface area (TPSA) is 75.4 Å². The molecule has 0 bridgehead atoms. The van der Waals surface area contributed by atoms with Crippen LogP contribution >= 0.6 is 0 Å². The van der Waals surface area contributed by atoms with Crippen molar-refractivity contribution in [2.24, 2.45) is 11.7 Å². The van der Waals surface area contributed by atoms with Crippen molar-refractivity contribution < 1.29 is 9.59 Å². The fourth-order valence-electron chi connectivity index (χ4n) is 2.09. The van der Waals surface area contributed by atoms with Gasteiger partial charge >= 0.3 is 0 Å². The molecule has 0 heterocycles. The van der Waals surface area contributed by atoms with Crippen LogP contribution < -0.4 is 11.1 Å². The molecule has 17 heavy (non-hydrogen) atoms. The third-order valence-electron chi connectivity index (χ3n) is 3.52. The molecule has 0 aromatic carbocycles. The molecular formula is C12H23N3O2. The maximum atomic E-state index is 11.9. The van der Waals surface area contributed by atoms with Crippen molar-refractivity contribution in [1.29, 1.82) is 0 Å². The van der Waals surface area contributed by atoms with Crippen LogP contribution in [-0.4, -0.2) is 42.9 Å². The molecule has 5 nitrogen and oxygen atoms in total. The van der Waals surface area contributed by atoms with E-state index in [1.54, 1.807) is 19.0 Å². The van der Waals surface area contributed by atoms with Crippen LogP contribution in [0.5, 0.6) is 0 Å². The number of nitrogens with two attached hydrogens (primary N) is 1. The Kier molecular flexibility index (Phi) is 4.51. The Morgan fingerprint density at radius 3 is 2.47 bits per heavy atom. The van der Waals surface area contributed by atoms with Gasteiger partial charge in [0.05, 0.1) is 5.92 Å². The van der Waals surface area contributed by atoms with Gasteiger partial charge < -0.3 is 16.0 Å². The second kappa shape index (κ2) is 5.49. The normalized spacial score (nSPS) is 19.1. The number of carbonyl (C=O) groups is 2. The van der Waals surface area contributed by atoms with Gasteiger partial charge in [0.25, 0.3) is 0 Å². The van der Waals surface area contributed by atoms with E-state index in [1.807, 2.05) is 6.92 Å². The molecule has 1 fully saturated rings. The zero-order chi connectivity index (χ0) is 13.1.